The highest BCUT2D eigenvalue weighted by Crippen LogP contribution is 2.39. The van der Waals surface area contributed by atoms with Gasteiger partial charge in [-0.05, 0) is 23.6 Å². The van der Waals surface area contributed by atoms with Crippen molar-refractivity contribution in [1.82, 2.24) is 0 Å². The van der Waals surface area contributed by atoms with E-state index in [1.807, 2.05) is 35.7 Å². The summed E-state index contributed by atoms with van der Waals surface area (Å²) in [7, 11) is 0. The lowest BCUT2D eigenvalue weighted by Crippen LogP contribution is -2.08. The molecule has 0 aliphatic heterocycles. The molecule has 1 atom stereocenters. The first-order chi connectivity index (χ1) is 8.66. The molecule has 2 rings (SSSR count). The Hall–Kier alpha value is -1.53. The van der Waals surface area contributed by atoms with Gasteiger partial charge in [-0.2, -0.15) is 0 Å². The molecule has 1 aromatic carbocycles. The molecule has 2 N–H and O–H groups in total. The van der Waals surface area contributed by atoms with Gasteiger partial charge in [-0.15, -0.1) is 23.1 Å². The van der Waals surface area contributed by atoms with Crippen molar-refractivity contribution in [2.75, 3.05) is 12.3 Å². The number of benzene rings is 1. The Balaban J connectivity index is 2.20. The molecule has 6 heteroatoms. The van der Waals surface area contributed by atoms with Crippen molar-refractivity contribution in [1.29, 1.82) is 0 Å². The number of nitro groups is 1. The molecule has 1 heterocycles. The molecule has 0 fully saturated rings. The predicted molar refractivity (Wildman–Crippen MR) is 75.6 cm³/mol. The van der Waals surface area contributed by atoms with Gasteiger partial charge in [0.05, 0.1) is 0 Å². The lowest BCUT2D eigenvalue weighted by molar-refractivity contribution is -0.479. The van der Waals surface area contributed by atoms with Crippen molar-refractivity contribution in [3.05, 3.63) is 56.8 Å². The maximum absolute atomic E-state index is 10.7. The van der Waals surface area contributed by atoms with Crippen molar-refractivity contribution in [3.63, 3.8) is 0 Å². The Morgan fingerprint density at radius 1 is 1.33 bits per heavy atom. The smallest absolute Gasteiger partial charge is 0.220 e. The fourth-order valence-electron chi connectivity index (χ4n) is 1.54. The monoisotopic (exact) mass is 280 g/mol. The second-order valence-corrected chi connectivity index (χ2v) is 5.90. The summed E-state index contributed by atoms with van der Waals surface area (Å²) in [5.41, 5.74) is 6.53. The van der Waals surface area contributed by atoms with Gasteiger partial charge in [0, 0.05) is 20.4 Å². The number of hydrogen-bond acceptors (Lipinski definition) is 5. The van der Waals surface area contributed by atoms with Crippen LogP contribution >= 0.6 is 23.1 Å². The van der Waals surface area contributed by atoms with E-state index < -0.39 is 0 Å². The molecule has 0 aliphatic rings. The number of nitrogen functional groups attached to an aromatic ring is 1. The maximum atomic E-state index is 10.7. The zero-order valence-electron chi connectivity index (χ0n) is 9.48. The maximum Gasteiger partial charge on any atom is 0.220 e. The zero-order valence-corrected chi connectivity index (χ0v) is 11.1. The number of thiophene rings is 1. The van der Waals surface area contributed by atoms with E-state index >= 15 is 0 Å². The molecular formula is C12H12N2O2S2. The number of anilines is 1. The van der Waals surface area contributed by atoms with E-state index in [1.165, 1.54) is 23.1 Å². The van der Waals surface area contributed by atoms with E-state index in [-0.39, 0.29) is 16.7 Å². The third kappa shape index (κ3) is 3.24. The largest absolute Gasteiger partial charge is 0.398 e. The fourth-order valence-corrected chi connectivity index (χ4v) is 3.60. The number of rotatable bonds is 5. The van der Waals surface area contributed by atoms with Gasteiger partial charge in [-0.3, -0.25) is 10.1 Å². The second kappa shape index (κ2) is 5.88. The highest BCUT2D eigenvalue weighted by Gasteiger charge is 2.21. The van der Waals surface area contributed by atoms with E-state index in [2.05, 4.69) is 0 Å². The molecular weight excluding hydrogens is 268 g/mol. The van der Waals surface area contributed by atoms with Gasteiger partial charge in [0.15, 0.2) is 0 Å². The molecule has 0 aliphatic carbocycles. The molecule has 0 amide bonds. The van der Waals surface area contributed by atoms with Crippen molar-refractivity contribution in [2.24, 2.45) is 0 Å². The number of nitrogens with zero attached hydrogens (tertiary/aromatic N) is 1. The third-order valence-electron chi connectivity index (χ3n) is 2.36. The molecule has 1 unspecified atom stereocenters. The van der Waals surface area contributed by atoms with Crippen molar-refractivity contribution in [3.8, 4) is 0 Å². The molecule has 0 spiro atoms. The molecule has 18 heavy (non-hydrogen) atoms. The third-order valence-corrected chi connectivity index (χ3v) is 4.81. The van der Waals surface area contributed by atoms with Crippen LogP contribution in [0.1, 0.15) is 10.1 Å². The van der Waals surface area contributed by atoms with Crippen LogP contribution in [0.4, 0.5) is 5.69 Å². The van der Waals surface area contributed by atoms with Gasteiger partial charge in [-0.25, -0.2) is 0 Å². The Morgan fingerprint density at radius 2 is 2.11 bits per heavy atom. The summed E-state index contributed by atoms with van der Waals surface area (Å²) in [6, 6.07) is 11.3. The van der Waals surface area contributed by atoms with Crippen molar-refractivity contribution < 1.29 is 4.92 Å². The van der Waals surface area contributed by atoms with Crippen LogP contribution in [0.15, 0.2) is 46.7 Å². The van der Waals surface area contributed by atoms with Crippen LogP contribution in [0.2, 0.25) is 0 Å². The molecule has 1 aromatic heterocycles. The van der Waals surface area contributed by atoms with Gasteiger partial charge in [-0.1, -0.05) is 18.2 Å². The molecule has 94 valence electrons. The molecule has 0 saturated carbocycles. The number of hydrogen-bond donors (Lipinski definition) is 1. The first kappa shape index (κ1) is 12.9. The molecule has 2 aromatic rings. The van der Waals surface area contributed by atoms with Gasteiger partial charge < -0.3 is 5.73 Å². The van der Waals surface area contributed by atoms with E-state index in [4.69, 9.17) is 5.73 Å². The highest BCUT2D eigenvalue weighted by atomic mass is 32.2. The standard InChI is InChI=1S/C12H12N2O2S2/c13-9-4-1-2-5-10(9)18-12(8-14(15)16)11-6-3-7-17-11/h1-7,12H,8,13H2. The quantitative estimate of drug-likeness (QED) is 0.394. The summed E-state index contributed by atoms with van der Waals surface area (Å²) in [5.74, 6) is 0. The number of para-hydroxylation sites is 1. The van der Waals surface area contributed by atoms with E-state index in [0.29, 0.717) is 5.69 Å². The Kier molecular flexibility index (Phi) is 4.22. The molecule has 0 saturated heterocycles. The minimum Gasteiger partial charge on any atom is -0.398 e. The summed E-state index contributed by atoms with van der Waals surface area (Å²) >= 11 is 2.98. The van der Waals surface area contributed by atoms with Crippen LogP contribution in [0.5, 0.6) is 0 Å². The first-order valence-electron chi connectivity index (χ1n) is 5.33. The first-order valence-corrected chi connectivity index (χ1v) is 7.09. The van der Waals surface area contributed by atoms with Gasteiger partial charge in [0.1, 0.15) is 5.25 Å². The van der Waals surface area contributed by atoms with Gasteiger partial charge in [0.2, 0.25) is 6.54 Å². The van der Waals surface area contributed by atoms with Crippen LogP contribution in [-0.4, -0.2) is 11.5 Å². The lowest BCUT2D eigenvalue weighted by atomic mass is 10.3. The zero-order chi connectivity index (χ0) is 13.0. The molecule has 0 bridgehead atoms. The van der Waals surface area contributed by atoms with Crippen LogP contribution in [0.25, 0.3) is 0 Å². The van der Waals surface area contributed by atoms with Crippen LogP contribution in [0.3, 0.4) is 0 Å². The van der Waals surface area contributed by atoms with Crippen molar-refractivity contribution >= 4 is 28.8 Å². The highest BCUT2D eigenvalue weighted by molar-refractivity contribution is 7.99. The predicted octanol–water partition coefficient (Wildman–Crippen LogP) is 3.44. The lowest BCUT2D eigenvalue weighted by Gasteiger charge is -2.12. The van der Waals surface area contributed by atoms with Gasteiger partial charge in [0.25, 0.3) is 0 Å². The summed E-state index contributed by atoms with van der Waals surface area (Å²) in [4.78, 5) is 12.4. The SMILES string of the molecule is Nc1ccccc1SC(C[N+](=O)[O-])c1cccs1. The normalized spacial score (nSPS) is 12.2. The number of thioether (sulfide) groups is 1. The van der Waals surface area contributed by atoms with Crippen LogP contribution in [-0.2, 0) is 0 Å². The summed E-state index contributed by atoms with van der Waals surface area (Å²) in [5, 5.41) is 12.5. The van der Waals surface area contributed by atoms with Crippen LogP contribution < -0.4 is 5.73 Å². The summed E-state index contributed by atoms with van der Waals surface area (Å²) < 4.78 is 0. The summed E-state index contributed by atoms with van der Waals surface area (Å²) in [6.07, 6.45) is 0. The Bertz CT molecular complexity index is 529. The molecule has 0 radical (unpaired) electrons. The number of nitrogens with two attached hydrogens (primary N) is 1. The van der Waals surface area contributed by atoms with Crippen LogP contribution in [0, 0.1) is 10.1 Å². The molecule has 4 nitrogen and oxygen atoms in total. The van der Waals surface area contributed by atoms with Gasteiger partial charge >= 0.3 is 0 Å². The average molecular weight is 280 g/mol. The van der Waals surface area contributed by atoms with E-state index in [0.717, 1.165) is 9.77 Å². The summed E-state index contributed by atoms with van der Waals surface area (Å²) in [6.45, 7) is -0.0977. The average Bonchev–Trinajstić information content (AvgIpc) is 2.84. The minimum absolute atomic E-state index is 0.0977. The topological polar surface area (TPSA) is 69.2 Å². The Labute approximate surface area is 113 Å². The minimum atomic E-state index is -0.281. The second-order valence-electron chi connectivity index (χ2n) is 3.68. The fraction of sp³-hybridized carbons (Fsp3) is 0.167. The van der Waals surface area contributed by atoms with E-state index in [1.54, 1.807) is 6.07 Å². The van der Waals surface area contributed by atoms with E-state index in [9.17, 15) is 10.1 Å². The van der Waals surface area contributed by atoms with Crippen molar-refractivity contribution in [2.45, 2.75) is 10.1 Å². The Morgan fingerprint density at radius 3 is 2.72 bits per heavy atom.